The van der Waals surface area contributed by atoms with Gasteiger partial charge in [0.05, 0.1) is 5.56 Å². The van der Waals surface area contributed by atoms with Gasteiger partial charge in [-0.25, -0.2) is 4.79 Å². The Kier molecular flexibility index (Phi) is 5.10. The molecule has 1 aromatic carbocycles. The van der Waals surface area contributed by atoms with E-state index >= 15 is 0 Å². The van der Waals surface area contributed by atoms with E-state index in [1.807, 2.05) is 6.92 Å². The molecule has 0 radical (unpaired) electrons. The van der Waals surface area contributed by atoms with Crippen molar-refractivity contribution in [2.75, 3.05) is 5.32 Å². The molecule has 0 aliphatic rings. The van der Waals surface area contributed by atoms with Gasteiger partial charge in [-0.1, -0.05) is 19.9 Å². The van der Waals surface area contributed by atoms with E-state index in [2.05, 4.69) is 19.2 Å². The molecule has 2 N–H and O–H groups in total. The highest BCUT2D eigenvalue weighted by Crippen LogP contribution is 2.21. The van der Waals surface area contributed by atoms with Gasteiger partial charge in [0.15, 0.2) is 0 Å². The Hall–Kier alpha value is -1.84. The minimum absolute atomic E-state index is 0.0722. The molecule has 0 spiro atoms. The van der Waals surface area contributed by atoms with Crippen LogP contribution in [-0.2, 0) is 4.79 Å². The number of aromatic carboxylic acids is 1. The van der Waals surface area contributed by atoms with Gasteiger partial charge < -0.3 is 10.4 Å². The first-order valence-electron chi connectivity index (χ1n) is 6.45. The van der Waals surface area contributed by atoms with E-state index in [1.54, 1.807) is 13.0 Å². The highest BCUT2D eigenvalue weighted by Gasteiger charge is 2.12. The van der Waals surface area contributed by atoms with Crippen molar-refractivity contribution in [1.82, 2.24) is 0 Å². The molecular formula is C15H21NO3. The zero-order chi connectivity index (χ0) is 14.6. The second kappa shape index (κ2) is 6.36. The number of carboxylic acid groups (broad SMARTS) is 1. The Labute approximate surface area is 113 Å². The van der Waals surface area contributed by atoms with Crippen LogP contribution < -0.4 is 5.32 Å². The molecule has 0 atom stereocenters. The third-order valence-electron chi connectivity index (χ3n) is 3.02. The normalized spacial score (nSPS) is 10.6. The number of nitrogens with one attached hydrogen (secondary N) is 1. The highest BCUT2D eigenvalue weighted by molar-refractivity contribution is 5.95. The molecule has 19 heavy (non-hydrogen) atoms. The van der Waals surface area contributed by atoms with Crippen molar-refractivity contribution in [3.8, 4) is 0 Å². The molecule has 0 aromatic heterocycles. The van der Waals surface area contributed by atoms with Gasteiger partial charge in [0.1, 0.15) is 0 Å². The molecule has 1 aromatic rings. The summed E-state index contributed by atoms with van der Waals surface area (Å²) in [6.45, 7) is 7.73. The van der Waals surface area contributed by atoms with Gasteiger partial charge in [-0.3, -0.25) is 4.79 Å². The predicted octanol–water partition coefficient (Wildman–Crippen LogP) is 3.38. The van der Waals surface area contributed by atoms with Crippen LogP contribution in [0.15, 0.2) is 12.1 Å². The monoisotopic (exact) mass is 263 g/mol. The van der Waals surface area contributed by atoms with Crippen molar-refractivity contribution in [3.05, 3.63) is 28.8 Å². The number of carbonyl (C=O) groups excluding carboxylic acids is 1. The maximum absolute atomic E-state index is 11.8. The lowest BCUT2D eigenvalue weighted by Gasteiger charge is -2.12. The maximum Gasteiger partial charge on any atom is 0.336 e. The number of benzene rings is 1. The van der Waals surface area contributed by atoms with E-state index in [1.165, 1.54) is 6.07 Å². The molecule has 1 amide bonds. The molecule has 104 valence electrons. The van der Waals surface area contributed by atoms with Crippen molar-refractivity contribution in [2.45, 2.75) is 40.5 Å². The standard InChI is InChI=1S/C15H21NO3/c1-9(2)5-6-14(17)16-13-8-12(15(18)19)10(3)7-11(13)4/h7-9H,5-6H2,1-4H3,(H,16,17)(H,18,19). The van der Waals surface area contributed by atoms with Gasteiger partial charge in [0.2, 0.25) is 5.91 Å². The van der Waals surface area contributed by atoms with Crippen molar-refractivity contribution in [2.24, 2.45) is 5.92 Å². The van der Waals surface area contributed by atoms with Crippen LogP contribution in [-0.4, -0.2) is 17.0 Å². The molecule has 0 fully saturated rings. The minimum Gasteiger partial charge on any atom is -0.478 e. The van der Waals surface area contributed by atoms with Gasteiger partial charge >= 0.3 is 5.97 Å². The van der Waals surface area contributed by atoms with E-state index in [-0.39, 0.29) is 11.5 Å². The van der Waals surface area contributed by atoms with Gasteiger partial charge in [-0.15, -0.1) is 0 Å². The quantitative estimate of drug-likeness (QED) is 0.855. The molecule has 0 aliphatic carbocycles. The fraction of sp³-hybridized carbons (Fsp3) is 0.467. The smallest absolute Gasteiger partial charge is 0.336 e. The van der Waals surface area contributed by atoms with E-state index in [9.17, 15) is 9.59 Å². The van der Waals surface area contributed by atoms with Crippen molar-refractivity contribution in [1.29, 1.82) is 0 Å². The van der Waals surface area contributed by atoms with E-state index in [0.717, 1.165) is 12.0 Å². The Morgan fingerprint density at radius 1 is 1.21 bits per heavy atom. The lowest BCUT2D eigenvalue weighted by molar-refractivity contribution is -0.116. The van der Waals surface area contributed by atoms with Crippen LogP contribution in [0.25, 0.3) is 0 Å². The number of carbonyl (C=O) groups is 2. The summed E-state index contributed by atoms with van der Waals surface area (Å²) < 4.78 is 0. The number of hydrogen-bond donors (Lipinski definition) is 2. The van der Waals surface area contributed by atoms with Crippen LogP contribution in [0.4, 0.5) is 5.69 Å². The molecule has 0 unspecified atom stereocenters. The Bertz CT molecular complexity index is 492. The summed E-state index contributed by atoms with van der Waals surface area (Å²) in [5.41, 5.74) is 2.38. The predicted molar refractivity (Wildman–Crippen MR) is 75.6 cm³/mol. The summed E-state index contributed by atoms with van der Waals surface area (Å²) in [6, 6.07) is 3.31. The number of carboxylic acids is 1. The lowest BCUT2D eigenvalue weighted by atomic mass is 10.0. The van der Waals surface area contributed by atoms with Crippen LogP contribution in [0.5, 0.6) is 0 Å². The first-order chi connectivity index (χ1) is 8.81. The van der Waals surface area contributed by atoms with Gasteiger partial charge in [0, 0.05) is 12.1 Å². The van der Waals surface area contributed by atoms with Crippen molar-refractivity contribution < 1.29 is 14.7 Å². The van der Waals surface area contributed by atoms with Crippen LogP contribution in [0.3, 0.4) is 0 Å². The summed E-state index contributed by atoms with van der Waals surface area (Å²) in [4.78, 5) is 22.9. The molecule has 4 nitrogen and oxygen atoms in total. The lowest BCUT2D eigenvalue weighted by Crippen LogP contribution is -2.14. The molecule has 0 saturated heterocycles. The van der Waals surface area contributed by atoms with Crippen LogP contribution in [0, 0.1) is 19.8 Å². The minimum atomic E-state index is -0.977. The first kappa shape index (κ1) is 15.2. The number of aryl methyl sites for hydroxylation is 2. The summed E-state index contributed by atoms with van der Waals surface area (Å²) in [5, 5.41) is 11.9. The molecule has 1 rings (SSSR count). The zero-order valence-electron chi connectivity index (χ0n) is 11.9. The van der Waals surface area contributed by atoms with Crippen LogP contribution in [0.2, 0.25) is 0 Å². The van der Waals surface area contributed by atoms with Gasteiger partial charge in [-0.05, 0) is 43.4 Å². The highest BCUT2D eigenvalue weighted by atomic mass is 16.4. The molecular weight excluding hydrogens is 242 g/mol. The fourth-order valence-corrected chi connectivity index (χ4v) is 1.85. The molecule has 0 heterocycles. The zero-order valence-corrected chi connectivity index (χ0v) is 11.9. The van der Waals surface area contributed by atoms with Gasteiger partial charge in [-0.2, -0.15) is 0 Å². The summed E-state index contributed by atoms with van der Waals surface area (Å²) in [6.07, 6.45) is 1.27. The Balaban J connectivity index is 2.86. The second-order valence-electron chi connectivity index (χ2n) is 5.27. The second-order valence-corrected chi connectivity index (χ2v) is 5.27. The van der Waals surface area contributed by atoms with Crippen LogP contribution >= 0.6 is 0 Å². The molecule has 0 saturated carbocycles. The average molecular weight is 263 g/mol. The fourth-order valence-electron chi connectivity index (χ4n) is 1.85. The largest absolute Gasteiger partial charge is 0.478 e. The number of amides is 1. The van der Waals surface area contributed by atoms with Gasteiger partial charge in [0.25, 0.3) is 0 Å². The summed E-state index contributed by atoms with van der Waals surface area (Å²) >= 11 is 0. The Morgan fingerprint density at radius 3 is 2.37 bits per heavy atom. The summed E-state index contributed by atoms with van der Waals surface area (Å²) in [5.74, 6) is -0.577. The van der Waals surface area contributed by atoms with E-state index in [0.29, 0.717) is 23.6 Å². The average Bonchev–Trinajstić information content (AvgIpc) is 2.29. The van der Waals surface area contributed by atoms with E-state index < -0.39 is 5.97 Å². The maximum atomic E-state index is 11.8. The molecule has 4 heteroatoms. The number of rotatable bonds is 5. The van der Waals surface area contributed by atoms with Crippen molar-refractivity contribution in [3.63, 3.8) is 0 Å². The Morgan fingerprint density at radius 2 is 1.84 bits per heavy atom. The van der Waals surface area contributed by atoms with Crippen LogP contribution in [0.1, 0.15) is 48.2 Å². The topological polar surface area (TPSA) is 66.4 Å². The molecule has 0 bridgehead atoms. The first-order valence-corrected chi connectivity index (χ1v) is 6.45. The molecule has 0 aliphatic heterocycles. The summed E-state index contributed by atoms with van der Waals surface area (Å²) in [7, 11) is 0. The number of hydrogen-bond acceptors (Lipinski definition) is 2. The third kappa shape index (κ3) is 4.39. The SMILES string of the molecule is Cc1cc(C)c(C(=O)O)cc1NC(=O)CCC(C)C. The third-order valence-corrected chi connectivity index (χ3v) is 3.02. The van der Waals surface area contributed by atoms with Crippen molar-refractivity contribution >= 4 is 17.6 Å². The van der Waals surface area contributed by atoms with E-state index in [4.69, 9.17) is 5.11 Å². The number of anilines is 1.